The smallest absolute Gasteiger partial charge is 0.303 e. The molecule has 5 aromatic rings. The number of ether oxygens (including phenoxy) is 10. The molecule has 10 atom stereocenters. The van der Waals surface area contributed by atoms with Crippen molar-refractivity contribution in [2.45, 2.75) is 101 Å². The number of benzene rings is 5. The van der Waals surface area contributed by atoms with E-state index < -0.39 is 67.4 Å². The first-order valence-corrected chi connectivity index (χ1v) is 21.0. The molecule has 0 saturated carbocycles. The number of rotatable bonds is 21. The lowest BCUT2D eigenvalue weighted by atomic mass is 9.96. The molecule has 2 aliphatic rings. The van der Waals surface area contributed by atoms with Crippen LogP contribution in [0.4, 0.5) is 0 Å². The van der Waals surface area contributed by atoms with Crippen molar-refractivity contribution in [2.75, 3.05) is 20.3 Å². The summed E-state index contributed by atoms with van der Waals surface area (Å²) >= 11 is 0. The van der Waals surface area contributed by atoms with Crippen LogP contribution in [0, 0.1) is 0 Å². The Hall–Kier alpha value is -4.83. The summed E-state index contributed by atoms with van der Waals surface area (Å²) in [5.74, 6) is -0.590. The summed E-state index contributed by atoms with van der Waals surface area (Å²) in [6, 6.07) is 48.6. The average Bonchev–Trinajstić information content (AvgIpc) is 3.31. The van der Waals surface area contributed by atoms with E-state index >= 15 is 0 Å². The van der Waals surface area contributed by atoms with Crippen LogP contribution in [-0.4, -0.2) is 92.8 Å². The number of aliphatic hydroxyl groups excluding tert-OH is 1. The summed E-state index contributed by atoms with van der Waals surface area (Å²) < 4.78 is 64.3. The van der Waals surface area contributed by atoms with Crippen molar-refractivity contribution in [1.82, 2.24) is 0 Å². The standard InChI is InChI=1S/C50H56O12/c1-35(51)59-48-46(57-31-39-24-14-6-15-25-39)44(56-30-38-22-12-5-13-23-38)42(34-55-29-37-20-10-4-11-21-37)61-50(48)62-45-43(52)41(33-54-28-36-18-8-3-9-19-36)60-49(53-2)47(45)58-32-40-26-16-7-17-27-40/h3-27,41-50,52H,28-34H2,1-2H3/t41-,42-,43-,44+,45+,46+,47-,48-,49-,50+/m1/s1. The van der Waals surface area contributed by atoms with Crippen LogP contribution in [0.5, 0.6) is 0 Å². The minimum Gasteiger partial charge on any atom is -0.454 e. The molecule has 2 aliphatic heterocycles. The molecule has 2 heterocycles. The van der Waals surface area contributed by atoms with Gasteiger partial charge in [0.05, 0.1) is 46.2 Å². The van der Waals surface area contributed by atoms with E-state index in [9.17, 15) is 9.90 Å². The van der Waals surface area contributed by atoms with Gasteiger partial charge < -0.3 is 52.5 Å². The molecule has 0 spiro atoms. The Morgan fingerprint density at radius 3 is 1.31 bits per heavy atom. The van der Waals surface area contributed by atoms with E-state index in [0.717, 1.165) is 27.8 Å². The number of hydrogen-bond donors (Lipinski definition) is 1. The number of carbonyl (C=O) groups excluding carboxylic acids is 1. The SMILES string of the molecule is CO[C@@H]1O[C@H](COCc2ccccc2)[C@@H](O)[C@H](O[C@@H]2O[C@H](COCc3ccccc3)[C@H](OCc3ccccc3)[C@H](OCc3ccccc3)[C@H]2OC(C)=O)[C@H]1OCc1ccccc1. The maximum absolute atomic E-state index is 13.1. The van der Waals surface area contributed by atoms with Crippen LogP contribution in [0.3, 0.4) is 0 Å². The van der Waals surface area contributed by atoms with E-state index in [1.807, 2.05) is 152 Å². The van der Waals surface area contributed by atoms with E-state index in [-0.39, 0.29) is 33.0 Å². The number of carbonyl (C=O) groups is 1. The Labute approximate surface area is 363 Å². The minimum atomic E-state index is -1.32. The predicted octanol–water partition coefficient (Wildman–Crippen LogP) is 6.95. The molecule has 12 heteroatoms. The first-order valence-electron chi connectivity index (χ1n) is 21.0. The first kappa shape index (κ1) is 45.2. The van der Waals surface area contributed by atoms with Crippen molar-refractivity contribution >= 4 is 5.97 Å². The first-order chi connectivity index (χ1) is 30.4. The Morgan fingerprint density at radius 1 is 0.484 bits per heavy atom. The molecule has 0 unspecified atom stereocenters. The van der Waals surface area contributed by atoms with Crippen molar-refractivity contribution < 1.29 is 57.3 Å². The quantitative estimate of drug-likeness (QED) is 0.0768. The third-order valence-corrected chi connectivity index (χ3v) is 10.7. The van der Waals surface area contributed by atoms with Gasteiger partial charge in [0.15, 0.2) is 18.7 Å². The minimum absolute atomic E-state index is 0.00818. The lowest BCUT2D eigenvalue weighted by Crippen LogP contribution is -2.66. The highest BCUT2D eigenvalue weighted by Crippen LogP contribution is 2.35. The number of methoxy groups -OCH3 is 1. The summed E-state index contributed by atoms with van der Waals surface area (Å²) in [5, 5.41) is 12.2. The Bertz CT molecular complexity index is 2010. The molecule has 5 aromatic carbocycles. The third-order valence-electron chi connectivity index (χ3n) is 10.7. The van der Waals surface area contributed by atoms with E-state index in [1.54, 1.807) is 0 Å². The summed E-state index contributed by atoms with van der Waals surface area (Å²) in [6.07, 6.45) is -10.4. The van der Waals surface area contributed by atoms with Crippen molar-refractivity contribution in [3.05, 3.63) is 179 Å². The van der Waals surface area contributed by atoms with Crippen molar-refractivity contribution in [3.8, 4) is 0 Å². The second-order valence-corrected chi connectivity index (χ2v) is 15.3. The number of esters is 1. The Morgan fingerprint density at radius 2 is 0.871 bits per heavy atom. The summed E-state index contributed by atoms with van der Waals surface area (Å²) in [5.41, 5.74) is 4.65. The van der Waals surface area contributed by atoms with Crippen LogP contribution < -0.4 is 0 Å². The molecular weight excluding hydrogens is 793 g/mol. The van der Waals surface area contributed by atoms with Crippen molar-refractivity contribution in [1.29, 1.82) is 0 Å². The van der Waals surface area contributed by atoms with Gasteiger partial charge >= 0.3 is 5.97 Å². The van der Waals surface area contributed by atoms with Gasteiger partial charge in [-0.1, -0.05) is 152 Å². The van der Waals surface area contributed by atoms with Gasteiger partial charge in [-0.05, 0) is 27.8 Å². The number of hydrogen-bond acceptors (Lipinski definition) is 12. The molecule has 328 valence electrons. The van der Waals surface area contributed by atoms with Gasteiger partial charge in [-0.2, -0.15) is 0 Å². The third kappa shape index (κ3) is 12.9. The second-order valence-electron chi connectivity index (χ2n) is 15.3. The van der Waals surface area contributed by atoms with Gasteiger partial charge in [-0.15, -0.1) is 0 Å². The molecule has 0 amide bonds. The topological polar surface area (TPSA) is 130 Å². The fourth-order valence-corrected chi connectivity index (χ4v) is 7.57. The maximum Gasteiger partial charge on any atom is 0.303 e. The van der Waals surface area contributed by atoms with Crippen LogP contribution >= 0.6 is 0 Å². The fraction of sp³-hybridized carbons (Fsp3) is 0.380. The molecule has 0 radical (unpaired) electrons. The van der Waals surface area contributed by atoms with Crippen LogP contribution in [0.2, 0.25) is 0 Å². The molecule has 12 nitrogen and oxygen atoms in total. The Balaban J connectivity index is 1.21. The van der Waals surface area contributed by atoms with Gasteiger partial charge in [-0.3, -0.25) is 4.79 Å². The van der Waals surface area contributed by atoms with Crippen molar-refractivity contribution in [2.24, 2.45) is 0 Å². The normalized spacial score (nSPS) is 26.2. The number of aliphatic hydroxyl groups is 1. The molecule has 0 aromatic heterocycles. The Kier molecular flexibility index (Phi) is 17.2. The van der Waals surface area contributed by atoms with Gasteiger partial charge in [0.1, 0.15) is 42.7 Å². The van der Waals surface area contributed by atoms with Crippen LogP contribution in [0.1, 0.15) is 34.7 Å². The van der Waals surface area contributed by atoms with E-state index in [1.165, 1.54) is 14.0 Å². The highest BCUT2D eigenvalue weighted by Gasteiger charge is 2.54. The van der Waals surface area contributed by atoms with Gasteiger partial charge in [0.2, 0.25) is 0 Å². The highest BCUT2D eigenvalue weighted by molar-refractivity contribution is 5.66. The second kappa shape index (κ2) is 23.6. The molecule has 1 N–H and O–H groups in total. The molecule has 7 rings (SSSR count). The molecular formula is C50H56O12. The van der Waals surface area contributed by atoms with Crippen LogP contribution in [0.15, 0.2) is 152 Å². The summed E-state index contributed by atoms with van der Waals surface area (Å²) in [7, 11) is 1.50. The van der Waals surface area contributed by atoms with Gasteiger partial charge in [-0.25, -0.2) is 0 Å². The highest BCUT2D eigenvalue weighted by atomic mass is 16.8. The summed E-state index contributed by atoms with van der Waals surface area (Å²) in [4.78, 5) is 13.1. The summed E-state index contributed by atoms with van der Waals surface area (Å²) in [6.45, 7) is 2.51. The molecule has 0 aliphatic carbocycles. The predicted molar refractivity (Wildman–Crippen MR) is 228 cm³/mol. The zero-order valence-electron chi connectivity index (χ0n) is 35.1. The lowest BCUT2D eigenvalue weighted by Gasteiger charge is -2.49. The lowest BCUT2D eigenvalue weighted by molar-refractivity contribution is -0.370. The van der Waals surface area contributed by atoms with E-state index in [0.29, 0.717) is 13.2 Å². The monoisotopic (exact) mass is 848 g/mol. The molecule has 2 saturated heterocycles. The van der Waals surface area contributed by atoms with Crippen LogP contribution in [0.25, 0.3) is 0 Å². The van der Waals surface area contributed by atoms with E-state index in [2.05, 4.69) is 0 Å². The van der Waals surface area contributed by atoms with E-state index in [4.69, 9.17) is 47.4 Å². The molecule has 62 heavy (non-hydrogen) atoms. The van der Waals surface area contributed by atoms with Crippen molar-refractivity contribution in [3.63, 3.8) is 0 Å². The fourth-order valence-electron chi connectivity index (χ4n) is 7.57. The average molecular weight is 849 g/mol. The van der Waals surface area contributed by atoms with Gasteiger partial charge in [0.25, 0.3) is 0 Å². The zero-order valence-corrected chi connectivity index (χ0v) is 35.1. The van der Waals surface area contributed by atoms with Gasteiger partial charge in [0, 0.05) is 14.0 Å². The van der Waals surface area contributed by atoms with Crippen LogP contribution in [-0.2, 0) is 85.2 Å². The largest absolute Gasteiger partial charge is 0.454 e. The molecule has 2 fully saturated rings. The molecule has 0 bridgehead atoms. The maximum atomic E-state index is 13.1. The zero-order chi connectivity index (χ0) is 42.9.